The number of methoxy groups -OCH3 is 1. The van der Waals surface area contributed by atoms with E-state index in [0.717, 1.165) is 16.6 Å². The van der Waals surface area contributed by atoms with Crippen LogP contribution in [0.15, 0.2) is 53.6 Å². The van der Waals surface area contributed by atoms with E-state index in [4.69, 9.17) is 4.74 Å². The highest BCUT2D eigenvalue weighted by molar-refractivity contribution is 5.83. The Morgan fingerprint density at radius 3 is 2.71 bits per heavy atom. The third-order valence-corrected chi connectivity index (χ3v) is 3.73. The first-order valence-corrected chi connectivity index (χ1v) is 7.29. The Kier molecular flexibility index (Phi) is 3.31. The third kappa shape index (κ3) is 2.41. The first-order valence-electron chi connectivity index (χ1n) is 7.29. The number of H-pyrrole nitrogens is 2. The lowest BCUT2D eigenvalue weighted by Gasteiger charge is -2.02. The average molecular weight is 319 g/mol. The summed E-state index contributed by atoms with van der Waals surface area (Å²) in [6.07, 6.45) is 3.36. The van der Waals surface area contributed by atoms with Gasteiger partial charge in [0.05, 0.1) is 35.1 Å². The number of ether oxygens (including phenoxy) is 1. The molecule has 0 bridgehead atoms. The van der Waals surface area contributed by atoms with Crippen LogP contribution < -0.4 is 10.3 Å². The second-order valence-electron chi connectivity index (χ2n) is 5.20. The molecule has 0 unspecified atom stereocenters. The van der Waals surface area contributed by atoms with E-state index >= 15 is 0 Å². The largest absolute Gasteiger partial charge is 0.481 e. The summed E-state index contributed by atoms with van der Waals surface area (Å²) in [6.45, 7) is 0. The highest BCUT2D eigenvalue weighted by Crippen LogP contribution is 2.24. The van der Waals surface area contributed by atoms with Gasteiger partial charge in [-0.3, -0.25) is 9.78 Å². The van der Waals surface area contributed by atoms with Gasteiger partial charge in [-0.05, 0) is 30.3 Å². The van der Waals surface area contributed by atoms with Gasteiger partial charge in [-0.1, -0.05) is 0 Å². The molecule has 0 amide bonds. The van der Waals surface area contributed by atoms with E-state index < -0.39 is 0 Å². The minimum absolute atomic E-state index is 0.272. The van der Waals surface area contributed by atoms with Crippen LogP contribution in [0.5, 0.6) is 5.88 Å². The summed E-state index contributed by atoms with van der Waals surface area (Å²) in [7, 11) is 1.57. The minimum Gasteiger partial charge on any atom is -0.481 e. The highest BCUT2D eigenvalue weighted by Gasteiger charge is 2.11. The number of aromatic amines is 2. The molecule has 0 aromatic carbocycles. The van der Waals surface area contributed by atoms with Crippen LogP contribution in [0.2, 0.25) is 0 Å². The average Bonchev–Trinajstić information content (AvgIpc) is 3.05. The van der Waals surface area contributed by atoms with Crippen molar-refractivity contribution in [1.82, 2.24) is 25.1 Å². The van der Waals surface area contributed by atoms with E-state index in [-0.39, 0.29) is 5.56 Å². The van der Waals surface area contributed by atoms with Crippen molar-refractivity contribution in [2.75, 3.05) is 7.11 Å². The predicted molar refractivity (Wildman–Crippen MR) is 89.7 cm³/mol. The van der Waals surface area contributed by atoms with E-state index in [1.807, 2.05) is 24.3 Å². The Morgan fingerprint density at radius 1 is 1.08 bits per heavy atom. The van der Waals surface area contributed by atoms with Crippen LogP contribution >= 0.6 is 0 Å². The first-order chi connectivity index (χ1) is 11.7. The van der Waals surface area contributed by atoms with Gasteiger partial charge >= 0.3 is 0 Å². The Labute approximate surface area is 136 Å². The van der Waals surface area contributed by atoms with Crippen molar-refractivity contribution >= 4 is 11.0 Å². The summed E-state index contributed by atoms with van der Waals surface area (Å²) in [5.74, 6) is 0.522. The van der Waals surface area contributed by atoms with Gasteiger partial charge in [0.1, 0.15) is 0 Å². The maximum atomic E-state index is 12.2. The molecule has 4 aromatic rings. The Hall–Kier alpha value is -3.48. The maximum absolute atomic E-state index is 12.2. The molecule has 0 radical (unpaired) electrons. The Balaban J connectivity index is 1.85. The molecule has 118 valence electrons. The number of nitrogens with zero attached hydrogens (tertiary/aromatic N) is 3. The molecular formula is C17H13N5O2. The predicted octanol–water partition coefficient (Wildman–Crippen LogP) is 2.38. The van der Waals surface area contributed by atoms with Gasteiger partial charge in [0.15, 0.2) is 0 Å². The quantitative estimate of drug-likeness (QED) is 0.604. The van der Waals surface area contributed by atoms with E-state index in [9.17, 15) is 4.79 Å². The maximum Gasteiger partial charge on any atom is 0.273 e. The molecule has 0 aliphatic carbocycles. The molecule has 4 heterocycles. The third-order valence-electron chi connectivity index (χ3n) is 3.73. The fraction of sp³-hybridized carbons (Fsp3) is 0.0588. The van der Waals surface area contributed by atoms with Gasteiger partial charge in [-0.2, -0.15) is 5.10 Å². The van der Waals surface area contributed by atoms with E-state index in [0.29, 0.717) is 22.8 Å². The molecule has 7 heteroatoms. The summed E-state index contributed by atoms with van der Waals surface area (Å²) >= 11 is 0. The fourth-order valence-electron chi connectivity index (χ4n) is 2.52. The number of nitrogens with one attached hydrogen (secondary N) is 2. The Bertz CT molecular complexity index is 1070. The minimum atomic E-state index is -0.272. The van der Waals surface area contributed by atoms with Gasteiger partial charge in [0, 0.05) is 24.0 Å². The summed E-state index contributed by atoms with van der Waals surface area (Å²) in [5.41, 5.74) is 3.98. The number of hydrogen-bond acceptors (Lipinski definition) is 5. The molecular weight excluding hydrogens is 306 g/mol. The molecule has 4 rings (SSSR count). The smallest absolute Gasteiger partial charge is 0.273 e. The van der Waals surface area contributed by atoms with Gasteiger partial charge in [-0.25, -0.2) is 10.1 Å². The van der Waals surface area contributed by atoms with Crippen molar-refractivity contribution in [2.45, 2.75) is 0 Å². The van der Waals surface area contributed by atoms with Crippen LogP contribution in [0.4, 0.5) is 0 Å². The number of aromatic nitrogens is 5. The number of rotatable bonds is 3. The van der Waals surface area contributed by atoms with Gasteiger partial charge in [0.2, 0.25) is 5.88 Å². The first kappa shape index (κ1) is 14.1. The van der Waals surface area contributed by atoms with Gasteiger partial charge in [0.25, 0.3) is 5.56 Å². The van der Waals surface area contributed by atoms with Crippen molar-refractivity contribution in [2.24, 2.45) is 0 Å². The molecule has 0 aliphatic rings. The summed E-state index contributed by atoms with van der Waals surface area (Å²) in [4.78, 5) is 23.8. The second kappa shape index (κ2) is 5.62. The van der Waals surface area contributed by atoms with Crippen molar-refractivity contribution < 1.29 is 4.74 Å². The van der Waals surface area contributed by atoms with Gasteiger partial charge in [-0.15, -0.1) is 0 Å². The molecule has 7 nitrogen and oxygen atoms in total. The van der Waals surface area contributed by atoms with Crippen molar-refractivity contribution in [3.63, 3.8) is 0 Å². The standard InChI is InChI=1S/C17H13N5O2/c1-24-16-3-2-12-15(20-16)9-14(19-12)11-8-13(21-22-17(11)23)10-4-6-18-7-5-10/h2-9,19H,1H3,(H,22,23). The molecule has 0 saturated carbocycles. The zero-order valence-corrected chi connectivity index (χ0v) is 12.8. The van der Waals surface area contributed by atoms with E-state index in [1.165, 1.54) is 0 Å². The molecule has 0 fully saturated rings. The number of fused-ring (bicyclic) bond motifs is 1. The molecule has 24 heavy (non-hydrogen) atoms. The van der Waals surface area contributed by atoms with Crippen LogP contribution in [0.1, 0.15) is 0 Å². The Morgan fingerprint density at radius 2 is 1.92 bits per heavy atom. The normalized spacial score (nSPS) is 10.9. The molecule has 0 spiro atoms. The van der Waals surface area contributed by atoms with Crippen LogP contribution in [-0.4, -0.2) is 32.3 Å². The SMILES string of the molecule is COc1ccc2[nH]c(-c3cc(-c4ccncc4)n[nH]c3=O)cc2n1. The molecule has 4 aromatic heterocycles. The number of hydrogen-bond donors (Lipinski definition) is 2. The highest BCUT2D eigenvalue weighted by atomic mass is 16.5. The lowest BCUT2D eigenvalue weighted by Crippen LogP contribution is -2.11. The van der Waals surface area contributed by atoms with Crippen LogP contribution in [0.25, 0.3) is 33.5 Å². The topological polar surface area (TPSA) is 96.5 Å². The van der Waals surface area contributed by atoms with Gasteiger partial charge < -0.3 is 9.72 Å². The van der Waals surface area contributed by atoms with Crippen molar-refractivity contribution in [3.05, 3.63) is 59.1 Å². The lowest BCUT2D eigenvalue weighted by atomic mass is 10.1. The summed E-state index contributed by atoms with van der Waals surface area (Å²) in [6, 6.07) is 10.9. The molecule has 2 N–H and O–H groups in total. The fourth-order valence-corrected chi connectivity index (χ4v) is 2.52. The van der Waals surface area contributed by atoms with Crippen LogP contribution in [0, 0.1) is 0 Å². The zero-order valence-electron chi connectivity index (χ0n) is 12.8. The van der Waals surface area contributed by atoms with Crippen LogP contribution in [-0.2, 0) is 0 Å². The summed E-state index contributed by atoms with van der Waals surface area (Å²) < 4.78 is 5.13. The van der Waals surface area contributed by atoms with Crippen molar-refractivity contribution in [3.8, 4) is 28.4 Å². The lowest BCUT2D eigenvalue weighted by molar-refractivity contribution is 0.399. The van der Waals surface area contributed by atoms with Crippen LogP contribution in [0.3, 0.4) is 0 Å². The summed E-state index contributed by atoms with van der Waals surface area (Å²) in [5, 5.41) is 6.64. The van der Waals surface area contributed by atoms with E-state index in [2.05, 4.69) is 25.1 Å². The number of pyridine rings is 2. The van der Waals surface area contributed by atoms with Crippen molar-refractivity contribution in [1.29, 1.82) is 0 Å². The zero-order chi connectivity index (χ0) is 16.5. The molecule has 0 saturated heterocycles. The molecule has 0 atom stereocenters. The second-order valence-corrected chi connectivity index (χ2v) is 5.20. The molecule has 0 aliphatic heterocycles. The van der Waals surface area contributed by atoms with E-state index in [1.54, 1.807) is 31.6 Å². The monoisotopic (exact) mass is 319 g/mol.